The first kappa shape index (κ1) is 93.2. The maximum Gasteiger partial charge on any atom is 0.472 e. The van der Waals surface area contributed by atoms with Gasteiger partial charge >= 0.3 is 33.6 Å². The number of phosphoric ester groups is 2. The highest BCUT2D eigenvalue weighted by molar-refractivity contribution is 7.47. The Labute approximate surface area is 590 Å². The van der Waals surface area contributed by atoms with Gasteiger partial charge in [-0.1, -0.05) is 304 Å². The SMILES string of the molecule is CC/C=C\C/C=C\C/C=C\C/C=C\C/C=C\CCCC(=O)OCC(COP(=O)(O)OCC(O)COP(=O)(O)OCC(O)COC(=O)CCCCCCCCCCCCCCC/C=C\C/C=C\C/C=C\C/C=C\CCCCC)OC(=O)CCCCCCCCCCCCCCCCC. The summed E-state index contributed by atoms with van der Waals surface area (Å²) in [7, 11) is -9.79. The number of hydrogen-bond donors (Lipinski definition) is 4. The molecular formula is C79H138O16P2. The molecule has 0 aromatic heterocycles. The van der Waals surface area contributed by atoms with Gasteiger partial charge in [0.1, 0.15) is 25.4 Å². The molecule has 97 heavy (non-hydrogen) atoms. The Bertz CT molecular complexity index is 2200. The molecular weight excluding hydrogens is 1270 g/mol. The maximum absolute atomic E-state index is 12.9. The summed E-state index contributed by atoms with van der Waals surface area (Å²) in [6.45, 7) is 2.49. The molecule has 0 amide bonds. The molecule has 18 heteroatoms. The molecule has 0 aromatic carbocycles. The first-order chi connectivity index (χ1) is 47.2. The van der Waals surface area contributed by atoms with Crippen LogP contribution in [0, 0.1) is 0 Å². The van der Waals surface area contributed by atoms with Crippen LogP contribution in [0.25, 0.3) is 0 Å². The highest BCUT2D eigenvalue weighted by atomic mass is 31.2. The Morgan fingerprint density at radius 1 is 0.299 bits per heavy atom. The molecule has 0 aliphatic rings. The molecule has 0 fully saturated rings. The zero-order chi connectivity index (χ0) is 70.9. The molecule has 0 aliphatic carbocycles. The average molecular weight is 1410 g/mol. The minimum Gasteiger partial charge on any atom is -0.463 e. The molecule has 0 bridgehead atoms. The summed E-state index contributed by atoms with van der Waals surface area (Å²) < 4.78 is 61.0. The standard InChI is InChI=1S/C79H138O16P2/c1-4-7-10-13-16-19-22-25-28-30-31-32-33-34-35-36-37-38-39-40-41-43-46-47-50-53-56-59-62-65-77(82)89-68-74(80)69-91-96(85,86)92-70-75(81)71-93-97(87,88)94-73-76(95-79(84)67-64-61-58-55-52-49-44-27-24-21-18-15-12-9-6-3)72-90-78(83)66-63-60-57-54-51-48-45-42-29-26-23-20-17-14-11-8-5-2/h8,11,16-17,19-20,25-26,28-29,31-32,34-35,45,48,54,57,74-76,80-81H,4-7,9-10,12-15,18,21-24,27,30,33,36-44,46-47,49-53,55-56,58-73H2,1-3H3,(H,85,86)(H,87,88)/b11-8-,19-16-,20-17-,28-25-,29-26-,32-31-,35-34-,48-45-,57-54-. The molecule has 5 atom stereocenters. The van der Waals surface area contributed by atoms with Gasteiger partial charge in [0.25, 0.3) is 0 Å². The van der Waals surface area contributed by atoms with Gasteiger partial charge < -0.3 is 34.2 Å². The Hall–Kier alpha value is -3.79. The molecule has 0 spiro atoms. The molecule has 0 rings (SSSR count). The van der Waals surface area contributed by atoms with E-state index in [2.05, 4.69) is 118 Å². The van der Waals surface area contributed by atoms with E-state index in [0.29, 0.717) is 25.7 Å². The third-order valence-electron chi connectivity index (χ3n) is 16.0. The van der Waals surface area contributed by atoms with Crippen LogP contribution in [0.3, 0.4) is 0 Å². The van der Waals surface area contributed by atoms with Gasteiger partial charge in [-0.2, -0.15) is 0 Å². The van der Waals surface area contributed by atoms with Crippen LogP contribution < -0.4 is 0 Å². The maximum atomic E-state index is 12.9. The molecule has 16 nitrogen and oxygen atoms in total. The summed E-state index contributed by atoms with van der Waals surface area (Å²) in [6, 6.07) is 0. The van der Waals surface area contributed by atoms with E-state index in [0.717, 1.165) is 103 Å². The second-order valence-electron chi connectivity index (χ2n) is 25.4. The smallest absolute Gasteiger partial charge is 0.463 e. The van der Waals surface area contributed by atoms with Gasteiger partial charge in [-0.3, -0.25) is 32.5 Å². The predicted octanol–water partition coefficient (Wildman–Crippen LogP) is 22.0. The molecule has 0 saturated heterocycles. The number of aliphatic hydroxyl groups excluding tert-OH is 2. The Morgan fingerprint density at radius 2 is 0.557 bits per heavy atom. The lowest BCUT2D eigenvalue weighted by Gasteiger charge is -2.21. The Balaban J connectivity index is 4.52. The molecule has 0 saturated carbocycles. The van der Waals surface area contributed by atoms with Gasteiger partial charge in [0, 0.05) is 19.3 Å². The first-order valence-electron chi connectivity index (χ1n) is 38.2. The van der Waals surface area contributed by atoms with Crippen molar-refractivity contribution in [3.63, 3.8) is 0 Å². The van der Waals surface area contributed by atoms with E-state index in [4.69, 9.17) is 32.3 Å². The minimum absolute atomic E-state index is 0.0930. The van der Waals surface area contributed by atoms with Gasteiger partial charge in [-0.25, -0.2) is 9.13 Å². The van der Waals surface area contributed by atoms with Crippen molar-refractivity contribution in [3.05, 3.63) is 109 Å². The monoisotopic (exact) mass is 1400 g/mol. The third-order valence-corrected chi connectivity index (χ3v) is 17.9. The topological polar surface area (TPSA) is 231 Å². The lowest BCUT2D eigenvalue weighted by molar-refractivity contribution is -0.161. The second-order valence-corrected chi connectivity index (χ2v) is 28.3. The summed E-state index contributed by atoms with van der Waals surface area (Å²) in [5.41, 5.74) is 0. The third kappa shape index (κ3) is 73.3. The van der Waals surface area contributed by atoms with Crippen molar-refractivity contribution in [1.29, 1.82) is 0 Å². The van der Waals surface area contributed by atoms with Crippen LogP contribution in [0.1, 0.15) is 316 Å². The molecule has 5 unspecified atom stereocenters. The van der Waals surface area contributed by atoms with Gasteiger partial charge in [-0.15, -0.1) is 0 Å². The zero-order valence-electron chi connectivity index (χ0n) is 61.0. The van der Waals surface area contributed by atoms with Gasteiger partial charge in [0.05, 0.1) is 26.4 Å². The number of carbonyl (C=O) groups excluding carboxylic acids is 3. The second kappa shape index (κ2) is 72.0. The van der Waals surface area contributed by atoms with Crippen molar-refractivity contribution in [2.75, 3.05) is 39.6 Å². The number of rotatable bonds is 72. The van der Waals surface area contributed by atoms with Crippen molar-refractivity contribution in [2.45, 2.75) is 334 Å². The summed E-state index contributed by atoms with van der Waals surface area (Å²) in [4.78, 5) is 58.5. The number of ether oxygens (including phenoxy) is 3. The molecule has 0 aromatic rings. The number of allylic oxidation sites excluding steroid dienone is 18. The van der Waals surface area contributed by atoms with E-state index in [1.54, 1.807) is 0 Å². The largest absolute Gasteiger partial charge is 0.472 e. The average Bonchev–Trinajstić information content (AvgIpc) is 1.63. The Morgan fingerprint density at radius 3 is 0.928 bits per heavy atom. The van der Waals surface area contributed by atoms with Crippen LogP contribution >= 0.6 is 15.6 Å². The summed E-state index contributed by atoms with van der Waals surface area (Å²) in [5, 5.41) is 20.6. The van der Waals surface area contributed by atoms with Gasteiger partial charge in [0.15, 0.2) is 6.10 Å². The number of hydrogen-bond acceptors (Lipinski definition) is 14. The number of esters is 3. The fraction of sp³-hybridized carbons (Fsp3) is 0.734. The summed E-state index contributed by atoms with van der Waals surface area (Å²) in [6.07, 6.45) is 83.0. The molecule has 0 aliphatic heterocycles. The van der Waals surface area contributed by atoms with Gasteiger partial charge in [-0.05, 0) is 103 Å². The minimum atomic E-state index is -4.94. The van der Waals surface area contributed by atoms with Crippen molar-refractivity contribution >= 4 is 33.6 Å². The lowest BCUT2D eigenvalue weighted by Crippen LogP contribution is -2.30. The van der Waals surface area contributed by atoms with E-state index in [-0.39, 0.29) is 19.3 Å². The fourth-order valence-electron chi connectivity index (χ4n) is 10.2. The summed E-state index contributed by atoms with van der Waals surface area (Å²) >= 11 is 0. The van der Waals surface area contributed by atoms with E-state index < -0.39 is 91.5 Å². The van der Waals surface area contributed by atoms with Crippen molar-refractivity contribution in [1.82, 2.24) is 0 Å². The number of phosphoric acid groups is 2. The highest BCUT2D eigenvalue weighted by Crippen LogP contribution is 2.45. The summed E-state index contributed by atoms with van der Waals surface area (Å²) in [5.74, 6) is -1.64. The normalized spacial score (nSPS) is 14.7. The zero-order valence-corrected chi connectivity index (χ0v) is 62.8. The highest BCUT2D eigenvalue weighted by Gasteiger charge is 2.29. The quantitative estimate of drug-likeness (QED) is 0.0146. The van der Waals surface area contributed by atoms with Crippen LogP contribution in [-0.2, 0) is 55.8 Å². The van der Waals surface area contributed by atoms with Gasteiger partial charge in [0.2, 0.25) is 0 Å². The number of unbranched alkanes of at least 4 members (excludes halogenated alkanes) is 31. The van der Waals surface area contributed by atoms with Crippen molar-refractivity contribution in [2.24, 2.45) is 0 Å². The van der Waals surface area contributed by atoms with Crippen LogP contribution in [0.2, 0.25) is 0 Å². The molecule has 0 heterocycles. The lowest BCUT2D eigenvalue weighted by atomic mass is 10.0. The van der Waals surface area contributed by atoms with Crippen molar-refractivity contribution < 1.29 is 75.8 Å². The van der Waals surface area contributed by atoms with E-state index in [1.807, 2.05) is 12.2 Å². The number of carbonyl (C=O) groups is 3. The van der Waals surface area contributed by atoms with Crippen molar-refractivity contribution in [3.8, 4) is 0 Å². The number of aliphatic hydroxyl groups is 2. The van der Waals surface area contributed by atoms with Crippen LogP contribution in [-0.4, -0.2) is 95.9 Å². The van der Waals surface area contributed by atoms with Crippen LogP contribution in [0.15, 0.2) is 109 Å². The van der Waals surface area contributed by atoms with Crippen LogP contribution in [0.4, 0.5) is 0 Å². The molecule has 4 N–H and O–H groups in total. The van der Waals surface area contributed by atoms with E-state index in [9.17, 15) is 43.5 Å². The molecule has 560 valence electrons. The first-order valence-corrected chi connectivity index (χ1v) is 41.2. The Kier molecular flexibility index (Phi) is 69.2. The predicted molar refractivity (Wildman–Crippen MR) is 399 cm³/mol. The fourth-order valence-corrected chi connectivity index (χ4v) is 11.8. The van der Waals surface area contributed by atoms with Crippen LogP contribution in [0.5, 0.6) is 0 Å². The van der Waals surface area contributed by atoms with E-state index >= 15 is 0 Å². The van der Waals surface area contributed by atoms with E-state index in [1.165, 1.54) is 148 Å². The molecule has 0 radical (unpaired) electrons.